The fourth-order valence-electron chi connectivity index (χ4n) is 3.29. The van der Waals surface area contributed by atoms with Crippen molar-refractivity contribution in [3.63, 3.8) is 0 Å². The molecule has 0 spiro atoms. The van der Waals surface area contributed by atoms with Gasteiger partial charge in [0.15, 0.2) is 0 Å². The van der Waals surface area contributed by atoms with E-state index in [-0.39, 0.29) is 5.66 Å². The Morgan fingerprint density at radius 2 is 1.91 bits per heavy atom. The van der Waals surface area contributed by atoms with Crippen LogP contribution in [0.25, 0.3) is 0 Å². The van der Waals surface area contributed by atoms with Crippen LogP contribution in [0, 0.1) is 0 Å². The third-order valence-corrected chi connectivity index (χ3v) is 5.46. The minimum absolute atomic E-state index is 0.266. The highest BCUT2D eigenvalue weighted by molar-refractivity contribution is 7.16. The lowest BCUT2D eigenvalue weighted by Crippen LogP contribution is -2.36. The van der Waals surface area contributed by atoms with Gasteiger partial charge in [-0.25, -0.2) is 4.99 Å². The zero-order valence-corrected chi connectivity index (χ0v) is 13.9. The second-order valence-corrected chi connectivity index (χ2v) is 7.66. The van der Waals surface area contributed by atoms with Crippen molar-refractivity contribution in [3.8, 4) is 0 Å². The largest absolute Gasteiger partial charge is 0.353 e. The highest BCUT2D eigenvalue weighted by Crippen LogP contribution is 2.42. The normalized spacial score (nSPS) is 18.7. The van der Waals surface area contributed by atoms with Crippen molar-refractivity contribution in [3.05, 3.63) is 46.3 Å². The van der Waals surface area contributed by atoms with E-state index in [2.05, 4.69) is 48.7 Å². The van der Waals surface area contributed by atoms with E-state index < -0.39 is 0 Å². The van der Waals surface area contributed by atoms with Crippen LogP contribution in [0.2, 0.25) is 0 Å². The predicted octanol–water partition coefficient (Wildman–Crippen LogP) is 4.65. The summed E-state index contributed by atoms with van der Waals surface area (Å²) >= 11 is 1.92. The fourth-order valence-corrected chi connectivity index (χ4v) is 4.74. The second kappa shape index (κ2) is 5.13. The molecule has 0 atom stereocenters. The molecule has 4 rings (SSSR count). The first-order chi connectivity index (χ1) is 10.6. The summed E-state index contributed by atoms with van der Waals surface area (Å²) in [6.07, 6.45) is 5.00. The molecule has 0 radical (unpaired) electrons. The van der Waals surface area contributed by atoms with Crippen LogP contribution < -0.4 is 10.6 Å². The van der Waals surface area contributed by atoms with E-state index in [1.807, 2.05) is 17.4 Å². The molecule has 4 heteroatoms. The number of aryl methyl sites for hydroxylation is 1. The summed E-state index contributed by atoms with van der Waals surface area (Å²) in [4.78, 5) is 6.48. The number of thiophene rings is 1. The number of anilines is 2. The number of hydrogen-bond donors (Lipinski definition) is 2. The van der Waals surface area contributed by atoms with Crippen LogP contribution >= 0.6 is 11.3 Å². The van der Waals surface area contributed by atoms with Gasteiger partial charge in [-0.1, -0.05) is 18.2 Å². The van der Waals surface area contributed by atoms with Gasteiger partial charge in [0, 0.05) is 10.6 Å². The lowest BCUT2D eigenvalue weighted by molar-refractivity contribution is 0.598. The fraction of sp³-hybridized carbons (Fsp3) is 0.389. The van der Waals surface area contributed by atoms with Crippen LogP contribution in [0.1, 0.15) is 42.7 Å². The lowest BCUT2D eigenvalue weighted by atomic mass is 9.94. The summed E-state index contributed by atoms with van der Waals surface area (Å²) in [5.74, 6) is 1.02. The average molecular weight is 311 g/mol. The molecular weight excluding hydrogens is 290 g/mol. The third kappa shape index (κ3) is 2.41. The van der Waals surface area contributed by atoms with E-state index in [1.54, 1.807) is 4.88 Å². The molecule has 2 heterocycles. The van der Waals surface area contributed by atoms with Crippen LogP contribution in [0.3, 0.4) is 0 Å². The molecule has 0 unspecified atom stereocenters. The minimum Gasteiger partial charge on any atom is -0.353 e. The van der Waals surface area contributed by atoms with Crippen molar-refractivity contribution in [1.29, 1.82) is 0 Å². The number of aliphatic imine (C=N–C) groups is 1. The Hall–Kier alpha value is -1.81. The molecule has 0 fully saturated rings. The van der Waals surface area contributed by atoms with Gasteiger partial charge in [0.2, 0.25) is 0 Å². The Balaban J connectivity index is 1.79. The van der Waals surface area contributed by atoms with Crippen molar-refractivity contribution in [1.82, 2.24) is 0 Å². The van der Waals surface area contributed by atoms with Gasteiger partial charge in [0.25, 0.3) is 0 Å². The quantitative estimate of drug-likeness (QED) is 0.804. The van der Waals surface area contributed by atoms with E-state index >= 15 is 0 Å². The SMILES string of the molecule is CC1(C)N=C(Nc2ccccc2)c2c(sc3c2CCCC3)N1. The number of nitrogens with one attached hydrogen (secondary N) is 2. The highest BCUT2D eigenvalue weighted by Gasteiger charge is 2.32. The molecule has 0 saturated heterocycles. The summed E-state index contributed by atoms with van der Waals surface area (Å²) < 4.78 is 0. The summed E-state index contributed by atoms with van der Waals surface area (Å²) in [5.41, 5.74) is 3.65. The molecule has 2 aromatic rings. The Bertz CT molecular complexity index is 728. The molecule has 2 aliphatic rings. The minimum atomic E-state index is -0.266. The molecule has 0 amide bonds. The Kier molecular flexibility index (Phi) is 3.22. The third-order valence-electron chi connectivity index (χ3n) is 4.26. The zero-order valence-electron chi connectivity index (χ0n) is 13.1. The second-order valence-electron chi connectivity index (χ2n) is 6.55. The first kappa shape index (κ1) is 13.8. The highest BCUT2D eigenvalue weighted by atomic mass is 32.1. The van der Waals surface area contributed by atoms with E-state index in [0.717, 1.165) is 11.5 Å². The number of amidine groups is 1. The molecule has 1 aliphatic heterocycles. The van der Waals surface area contributed by atoms with Crippen molar-refractivity contribution >= 4 is 27.9 Å². The van der Waals surface area contributed by atoms with Gasteiger partial charge in [-0.05, 0) is 57.2 Å². The number of rotatable bonds is 1. The maximum Gasteiger partial charge on any atom is 0.138 e. The number of fused-ring (bicyclic) bond motifs is 3. The van der Waals surface area contributed by atoms with Crippen molar-refractivity contribution in [2.75, 3.05) is 10.6 Å². The zero-order chi connectivity index (χ0) is 15.2. The maximum atomic E-state index is 4.93. The van der Waals surface area contributed by atoms with E-state index in [1.165, 1.54) is 41.8 Å². The number of benzene rings is 1. The Morgan fingerprint density at radius 1 is 1.14 bits per heavy atom. The van der Waals surface area contributed by atoms with Gasteiger partial charge in [-0.2, -0.15) is 0 Å². The standard InChI is InChI=1S/C18H21N3S/c1-18(2)20-16(19-12-8-4-3-5-9-12)15-13-10-6-7-11-14(13)22-17(15)21-18/h3-5,8-9,21H,6-7,10-11H2,1-2H3,(H,19,20). The number of nitrogens with zero attached hydrogens (tertiary/aromatic N) is 1. The van der Waals surface area contributed by atoms with Crippen LogP contribution in [-0.4, -0.2) is 11.5 Å². The molecule has 1 aliphatic carbocycles. The van der Waals surface area contributed by atoms with Gasteiger partial charge in [-0.15, -0.1) is 11.3 Å². The predicted molar refractivity (Wildman–Crippen MR) is 95.3 cm³/mol. The van der Waals surface area contributed by atoms with Crippen LogP contribution in [0.15, 0.2) is 35.3 Å². The average Bonchev–Trinajstić information content (AvgIpc) is 2.84. The summed E-state index contributed by atoms with van der Waals surface area (Å²) in [7, 11) is 0. The lowest BCUT2D eigenvalue weighted by Gasteiger charge is -2.30. The monoisotopic (exact) mass is 311 g/mol. The van der Waals surface area contributed by atoms with Gasteiger partial charge >= 0.3 is 0 Å². The van der Waals surface area contributed by atoms with E-state index in [0.29, 0.717) is 0 Å². The smallest absolute Gasteiger partial charge is 0.138 e. The topological polar surface area (TPSA) is 36.4 Å². The Labute approximate surface area is 135 Å². The van der Waals surface area contributed by atoms with E-state index in [9.17, 15) is 0 Å². The summed E-state index contributed by atoms with van der Waals surface area (Å²) in [5, 5.41) is 8.43. The molecule has 2 N–H and O–H groups in total. The molecule has 114 valence electrons. The van der Waals surface area contributed by atoms with Crippen molar-refractivity contribution in [2.45, 2.75) is 45.2 Å². The first-order valence-corrected chi connectivity index (χ1v) is 8.79. The summed E-state index contributed by atoms with van der Waals surface area (Å²) in [6.45, 7) is 4.25. The van der Waals surface area contributed by atoms with Gasteiger partial charge in [-0.3, -0.25) is 0 Å². The van der Waals surface area contributed by atoms with E-state index in [4.69, 9.17) is 4.99 Å². The van der Waals surface area contributed by atoms with Crippen LogP contribution in [-0.2, 0) is 12.8 Å². The number of para-hydroxylation sites is 1. The molecule has 1 aromatic heterocycles. The Morgan fingerprint density at radius 3 is 2.73 bits per heavy atom. The molecule has 3 nitrogen and oxygen atoms in total. The van der Waals surface area contributed by atoms with Crippen LogP contribution in [0.5, 0.6) is 0 Å². The molecular formula is C18H21N3S. The molecule has 22 heavy (non-hydrogen) atoms. The van der Waals surface area contributed by atoms with Crippen molar-refractivity contribution < 1.29 is 0 Å². The first-order valence-electron chi connectivity index (χ1n) is 7.97. The van der Waals surface area contributed by atoms with Gasteiger partial charge < -0.3 is 10.6 Å². The molecule has 1 aromatic carbocycles. The van der Waals surface area contributed by atoms with Gasteiger partial charge in [0.05, 0.1) is 5.56 Å². The summed E-state index contributed by atoms with van der Waals surface area (Å²) in [6, 6.07) is 10.3. The number of hydrogen-bond acceptors (Lipinski definition) is 4. The maximum absolute atomic E-state index is 4.93. The van der Waals surface area contributed by atoms with Crippen molar-refractivity contribution in [2.24, 2.45) is 4.99 Å². The van der Waals surface area contributed by atoms with Crippen LogP contribution in [0.4, 0.5) is 10.7 Å². The molecule has 0 bridgehead atoms. The van der Waals surface area contributed by atoms with Gasteiger partial charge in [0.1, 0.15) is 16.5 Å². The molecule has 0 saturated carbocycles.